The van der Waals surface area contributed by atoms with Crippen molar-refractivity contribution in [1.82, 2.24) is 0 Å². The first-order chi connectivity index (χ1) is 6.89. The molecular weight excluding hydrogens is 201 g/mol. The number of rotatable bonds is 1. The molecule has 1 aliphatic rings. The highest BCUT2D eigenvalue weighted by atomic mass is 19.4. The van der Waals surface area contributed by atoms with Gasteiger partial charge < -0.3 is 0 Å². The molecule has 0 spiro atoms. The highest BCUT2D eigenvalue weighted by Gasteiger charge is 2.56. The summed E-state index contributed by atoms with van der Waals surface area (Å²) in [5.74, 6) is -1.41. The first kappa shape index (κ1) is 10.5. The second-order valence-corrected chi connectivity index (χ2v) is 4.35. The van der Waals surface area contributed by atoms with Gasteiger partial charge in [-0.25, -0.2) is 0 Å². The molecule has 0 nitrogen and oxygen atoms in total. The average molecular weight is 214 g/mol. The fourth-order valence-corrected chi connectivity index (χ4v) is 2.14. The Hall–Kier alpha value is -0.990. The molecule has 0 heterocycles. The monoisotopic (exact) mass is 214 g/mol. The van der Waals surface area contributed by atoms with Crippen molar-refractivity contribution in [3.05, 3.63) is 34.9 Å². The molecule has 0 saturated heterocycles. The zero-order chi connectivity index (χ0) is 11.2. The summed E-state index contributed by atoms with van der Waals surface area (Å²) in [6, 6.07) is 5.66. The summed E-state index contributed by atoms with van der Waals surface area (Å²) < 4.78 is 37.2. The second-order valence-electron chi connectivity index (χ2n) is 4.35. The molecule has 2 atom stereocenters. The number of alkyl halides is 3. The van der Waals surface area contributed by atoms with Crippen LogP contribution in [0.15, 0.2) is 18.2 Å². The molecule has 0 aliphatic heterocycles. The Morgan fingerprint density at radius 1 is 1.20 bits per heavy atom. The first-order valence-corrected chi connectivity index (χ1v) is 5.03. The van der Waals surface area contributed by atoms with Gasteiger partial charge in [-0.05, 0) is 37.3 Å². The number of aryl methyl sites for hydroxylation is 2. The molecule has 2 rings (SSSR count). The van der Waals surface area contributed by atoms with Crippen molar-refractivity contribution in [3.8, 4) is 0 Å². The van der Waals surface area contributed by atoms with Crippen LogP contribution in [0.1, 0.15) is 29.0 Å². The van der Waals surface area contributed by atoms with E-state index >= 15 is 0 Å². The van der Waals surface area contributed by atoms with E-state index in [0.29, 0.717) is 0 Å². The molecule has 0 bridgehead atoms. The van der Waals surface area contributed by atoms with Gasteiger partial charge in [-0.2, -0.15) is 13.2 Å². The van der Waals surface area contributed by atoms with Gasteiger partial charge in [0.1, 0.15) is 0 Å². The number of hydrogen-bond acceptors (Lipinski definition) is 0. The smallest absolute Gasteiger partial charge is 0.171 e. The van der Waals surface area contributed by atoms with Crippen molar-refractivity contribution < 1.29 is 13.2 Å². The van der Waals surface area contributed by atoms with E-state index in [9.17, 15) is 13.2 Å². The second kappa shape index (κ2) is 3.26. The lowest BCUT2D eigenvalue weighted by atomic mass is 10.0. The van der Waals surface area contributed by atoms with Crippen molar-refractivity contribution in [1.29, 1.82) is 0 Å². The zero-order valence-electron chi connectivity index (χ0n) is 8.73. The quantitative estimate of drug-likeness (QED) is 0.663. The Kier molecular flexibility index (Phi) is 2.28. The summed E-state index contributed by atoms with van der Waals surface area (Å²) in [4.78, 5) is 0. The van der Waals surface area contributed by atoms with Gasteiger partial charge in [-0.1, -0.05) is 23.8 Å². The van der Waals surface area contributed by atoms with Crippen LogP contribution >= 0.6 is 0 Å². The number of benzene rings is 1. The minimum absolute atomic E-state index is 0.257. The molecule has 1 aromatic rings. The summed E-state index contributed by atoms with van der Waals surface area (Å²) in [7, 11) is 0. The van der Waals surface area contributed by atoms with Gasteiger partial charge in [0.2, 0.25) is 0 Å². The zero-order valence-corrected chi connectivity index (χ0v) is 8.73. The maximum Gasteiger partial charge on any atom is 0.392 e. The van der Waals surface area contributed by atoms with Gasteiger partial charge in [0.05, 0.1) is 5.92 Å². The standard InChI is InChI=1S/C12H13F3/c1-7-3-4-9(8(2)5-7)10-6-11(10)12(13,14)15/h3-5,10-11H,6H2,1-2H3/t10-,11+/m0/s1. The topological polar surface area (TPSA) is 0 Å². The Morgan fingerprint density at radius 2 is 1.87 bits per heavy atom. The molecule has 0 N–H and O–H groups in total. The van der Waals surface area contributed by atoms with Crippen LogP contribution in [-0.2, 0) is 0 Å². The Morgan fingerprint density at radius 3 is 2.33 bits per heavy atom. The highest BCUT2D eigenvalue weighted by Crippen LogP contribution is 2.56. The molecule has 0 radical (unpaired) electrons. The molecule has 15 heavy (non-hydrogen) atoms. The highest BCUT2D eigenvalue weighted by molar-refractivity contribution is 5.36. The van der Waals surface area contributed by atoms with E-state index in [1.807, 2.05) is 32.0 Å². The lowest BCUT2D eigenvalue weighted by Crippen LogP contribution is -2.11. The van der Waals surface area contributed by atoms with Crippen LogP contribution in [-0.4, -0.2) is 6.18 Å². The average Bonchev–Trinajstić information content (AvgIpc) is 2.82. The van der Waals surface area contributed by atoms with Crippen molar-refractivity contribution in [2.45, 2.75) is 32.4 Å². The molecule has 3 heteroatoms. The van der Waals surface area contributed by atoms with Gasteiger partial charge in [0.15, 0.2) is 0 Å². The van der Waals surface area contributed by atoms with Crippen LogP contribution in [0.4, 0.5) is 13.2 Å². The third-order valence-corrected chi connectivity index (χ3v) is 3.04. The van der Waals surface area contributed by atoms with E-state index in [1.54, 1.807) is 0 Å². The van der Waals surface area contributed by atoms with E-state index in [-0.39, 0.29) is 12.3 Å². The minimum atomic E-state index is -4.03. The third-order valence-electron chi connectivity index (χ3n) is 3.04. The molecule has 82 valence electrons. The first-order valence-electron chi connectivity index (χ1n) is 5.03. The van der Waals surface area contributed by atoms with Crippen molar-refractivity contribution in [2.24, 2.45) is 5.92 Å². The predicted octanol–water partition coefficient (Wildman–Crippen LogP) is 3.97. The Labute approximate surface area is 87.1 Å². The minimum Gasteiger partial charge on any atom is -0.171 e. The lowest BCUT2D eigenvalue weighted by molar-refractivity contribution is -0.148. The Bertz CT molecular complexity index is 379. The summed E-state index contributed by atoms with van der Waals surface area (Å²) >= 11 is 0. The van der Waals surface area contributed by atoms with Gasteiger partial charge in [0, 0.05) is 0 Å². The summed E-state index contributed by atoms with van der Waals surface area (Å²) in [6.07, 6.45) is -3.77. The largest absolute Gasteiger partial charge is 0.392 e. The maximum absolute atomic E-state index is 12.4. The molecule has 1 aliphatic carbocycles. The van der Waals surface area contributed by atoms with Gasteiger partial charge in [-0.15, -0.1) is 0 Å². The lowest BCUT2D eigenvalue weighted by Gasteiger charge is -2.08. The SMILES string of the molecule is Cc1ccc([C@@H]2C[C@H]2C(F)(F)F)c(C)c1. The molecule has 1 fully saturated rings. The number of hydrogen-bond donors (Lipinski definition) is 0. The van der Waals surface area contributed by atoms with Crippen LogP contribution in [0.3, 0.4) is 0 Å². The summed E-state index contributed by atoms with van der Waals surface area (Å²) in [5, 5.41) is 0. The van der Waals surface area contributed by atoms with E-state index in [0.717, 1.165) is 16.7 Å². The molecule has 0 amide bonds. The van der Waals surface area contributed by atoms with Crippen LogP contribution in [0.2, 0.25) is 0 Å². The normalized spacial score (nSPS) is 25.4. The van der Waals surface area contributed by atoms with Gasteiger partial charge in [-0.3, -0.25) is 0 Å². The molecule has 1 aromatic carbocycles. The van der Waals surface area contributed by atoms with Crippen molar-refractivity contribution in [3.63, 3.8) is 0 Å². The fourth-order valence-electron chi connectivity index (χ4n) is 2.14. The molecule has 1 saturated carbocycles. The van der Waals surface area contributed by atoms with Gasteiger partial charge in [0.25, 0.3) is 0 Å². The fraction of sp³-hybridized carbons (Fsp3) is 0.500. The molecule has 0 unspecified atom stereocenters. The van der Waals surface area contributed by atoms with Crippen LogP contribution in [0, 0.1) is 19.8 Å². The summed E-state index contributed by atoms with van der Waals surface area (Å²) in [6.45, 7) is 3.83. The molecule has 0 aromatic heterocycles. The van der Waals surface area contributed by atoms with E-state index < -0.39 is 12.1 Å². The van der Waals surface area contributed by atoms with E-state index in [2.05, 4.69) is 0 Å². The van der Waals surface area contributed by atoms with E-state index in [4.69, 9.17) is 0 Å². The molecular formula is C12H13F3. The van der Waals surface area contributed by atoms with Gasteiger partial charge >= 0.3 is 6.18 Å². The van der Waals surface area contributed by atoms with Crippen molar-refractivity contribution in [2.75, 3.05) is 0 Å². The van der Waals surface area contributed by atoms with Crippen LogP contribution in [0.5, 0.6) is 0 Å². The number of halogens is 3. The predicted molar refractivity (Wildman–Crippen MR) is 52.8 cm³/mol. The van der Waals surface area contributed by atoms with Crippen LogP contribution in [0.25, 0.3) is 0 Å². The Balaban J connectivity index is 2.20. The van der Waals surface area contributed by atoms with Crippen LogP contribution < -0.4 is 0 Å². The third kappa shape index (κ3) is 2.01. The van der Waals surface area contributed by atoms with Crippen molar-refractivity contribution >= 4 is 0 Å². The van der Waals surface area contributed by atoms with E-state index in [1.165, 1.54) is 0 Å². The summed E-state index contributed by atoms with van der Waals surface area (Å²) in [5.41, 5.74) is 2.94. The maximum atomic E-state index is 12.4.